The minimum Gasteiger partial charge on any atom is -0.468 e. The Morgan fingerprint density at radius 3 is 2.83 bits per heavy atom. The fourth-order valence-electron chi connectivity index (χ4n) is 1.61. The Balaban J connectivity index is 1.97. The molecule has 1 fully saturated rings. The van der Waals surface area contributed by atoms with Gasteiger partial charge in [0.25, 0.3) is 0 Å². The summed E-state index contributed by atoms with van der Waals surface area (Å²) in [6.07, 6.45) is 2.27. The van der Waals surface area contributed by atoms with Crippen LogP contribution in [0.15, 0.2) is 4.34 Å². The van der Waals surface area contributed by atoms with Gasteiger partial charge in [-0.15, -0.1) is 10.2 Å². The van der Waals surface area contributed by atoms with Gasteiger partial charge in [-0.05, 0) is 26.7 Å². The lowest BCUT2D eigenvalue weighted by atomic mass is 10.1. The lowest BCUT2D eigenvalue weighted by Gasteiger charge is -2.27. The van der Waals surface area contributed by atoms with Crippen molar-refractivity contribution in [2.75, 3.05) is 12.9 Å². The number of aromatic nitrogens is 2. The van der Waals surface area contributed by atoms with Crippen LogP contribution < -0.4 is 5.32 Å². The highest BCUT2D eigenvalue weighted by atomic mass is 32.2. The molecule has 1 aromatic rings. The Kier molecular flexibility index (Phi) is 4.24. The van der Waals surface area contributed by atoms with Gasteiger partial charge in [-0.1, -0.05) is 23.1 Å². The fraction of sp³-hybridized carbons (Fsp3) is 0.727. The molecule has 0 spiro atoms. The summed E-state index contributed by atoms with van der Waals surface area (Å²) < 4.78 is 5.78. The van der Waals surface area contributed by atoms with Crippen LogP contribution in [0.25, 0.3) is 0 Å². The zero-order chi connectivity index (χ0) is 13.2. The zero-order valence-electron chi connectivity index (χ0n) is 10.7. The maximum absolute atomic E-state index is 11.9. The van der Waals surface area contributed by atoms with E-state index in [9.17, 15) is 4.79 Å². The molecule has 1 heterocycles. The van der Waals surface area contributed by atoms with Gasteiger partial charge in [-0.2, -0.15) is 0 Å². The topological polar surface area (TPSA) is 64.1 Å². The van der Waals surface area contributed by atoms with Gasteiger partial charge < -0.3 is 4.74 Å². The Hall–Kier alpha value is -0.660. The number of hydrogen-bond donors (Lipinski definition) is 1. The molecule has 1 atom stereocenters. The summed E-state index contributed by atoms with van der Waals surface area (Å²) >= 11 is 3.09. The van der Waals surface area contributed by atoms with Crippen LogP contribution in [0.3, 0.4) is 0 Å². The largest absolute Gasteiger partial charge is 0.468 e. The SMILES string of the molecule is COC(=O)C(C)(CSc1nnc(C)s1)NC1CC1. The van der Waals surface area contributed by atoms with E-state index < -0.39 is 5.54 Å². The first kappa shape index (κ1) is 13.8. The maximum atomic E-state index is 11.9. The smallest absolute Gasteiger partial charge is 0.326 e. The van der Waals surface area contributed by atoms with Crippen molar-refractivity contribution in [3.05, 3.63) is 5.01 Å². The first-order valence-corrected chi connectivity index (χ1v) is 7.63. The van der Waals surface area contributed by atoms with Crippen LogP contribution in [0.2, 0.25) is 0 Å². The summed E-state index contributed by atoms with van der Waals surface area (Å²) in [5.74, 6) is 0.383. The third-order valence-corrected chi connectivity index (χ3v) is 5.01. The lowest BCUT2D eigenvalue weighted by molar-refractivity contribution is -0.146. The summed E-state index contributed by atoms with van der Waals surface area (Å²) in [6, 6.07) is 0.450. The second kappa shape index (κ2) is 5.54. The van der Waals surface area contributed by atoms with Crippen LogP contribution in [0, 0.1) is 6.92 Å². The van der Waals surface area contributed by atoms with E-state index in [1.165, 1.54) is 7.11 Å². The number of hydrogen-bond acceptors (Lipinski definition) is 7. The molecule has 18 heavy (non-hydrogen) atoms. The van der Waals surface area contributed by atoms with Crippen molar-refractivity contribution in [3.63, 3.8) is 0 Å². The highest BCUT2D eigenvalue weighted by Gasteiger charge is 2.39. The van der Waals surface area contributed by atoms with E-state index in [4.69, 9.17) is 4.74 Å². The molecule has 0 aromatic carbocycles. The number of carbonyl (C=O) groups is 1. The second-order valence-corrected chi connectivity index (χ2v) is 7.02. The predicted octanol–water partition coefficient (Wildman–Crippen LogP) is 1.62. The molecular formula is C11H17N3O2S2. The number of esters is 1. The fourth-order valence-corrected chi connectivity index (χ4v) is 3.51. The molecule has 1 aliphatic rings. The Morgan fingerprint density at radius 1 is 1.61 bits per heavy atom. The molecule has 0 saturated heterocycles. The third kappa shape index (κ3) is 3.43. The van der Waals surface area contributed by atoms with Crippen LogP contribution in [0.4, 0.5) is 0 Å². The van der Waals surface area contributed by atoms with E-state index in [2.05, 4.69) is 15.5 Å². The molecule has 1 aromatic heterocycles. The second-order valence-electron chi connectivity index (χ2n) is 4.62. The van der Waals surface area contributed by atoms with Crippen LogP contribution in [-0.2, 0) is 9.53 Å². The molecule has 100 valence electrons. The standard InChI is InChI=1S/C11H17N3O2S2/c1-7-13-14-10(18-7)17-6-11(2,9(15)16-3)12-8-4-5-8/h8,12H,4-6H2,1-3H3. The molecule has 7 heteroatoms. The van der Waals surface area contributed by atoms with Crippen molar-refractivity contribution < 1.29 is 9.53 Å². The van der Waals surface area contributed by atoms with Gasteiger partial charge in [-0.25, -0.2) is 0 Å². The summed E-state index contributed by atoms with van der Waals surface area (Å²) in [5, 5.41) is 12.3. The van der Waals surface area contributed by atoms with Crippen molar-refractivity contribution in [2.45, 2.75) is 42.6 Å². The van der Waals surface area contributed by atoms with E-state index >= 15 is 0 Å². The first-order chi connectivity index (χ1) is 8.53. The van der Waals surface area contributed by atoms with E-state index in [1.807, 2.05) is 13.8 Å². The average Bonchev–Trinajstić information content (AvgIpc) is 3.06. The van der Waals surface area contributed by atoms with Crippen molar-refractivity contribution in [1.29, 1.82) is 0 Å². The molecular weight excluding hydrogens is 270 g/mol. The highest BCUT2D eigenvalue weighted by molar-refractivity contribution is 8.01. The number of nitrogens with one attached hydrogen (secondary N) is 1. The summed E-state index contributed by atoms with van der Waals surface area (Å²) in [4.78, 5) is 11.9. The third-order valence-electron chi connectivity index (χ3n) is 2.73. The van der Waals surface area contributed by atoms with E-state index in [1.54, 1.807) is 23.1 Å². The Labute approximate surface area is 115 Å². The van der Waals surface area contributed by atoms with E-state index in [-0.39, 0.29) is 5.97 Å². The van der Waals surface area contributed by atoms with Gasteiger partial charge in [0.15, 0.2) is 4.34 Å². The molecule has 1 aliphatic carbocycles. The molecule has 0 amide bonds. The maximum Gasteiger partial charge on any atom is 0.326 e. The quantitative estimate of drug-likeness (QED) is 0.633. The number of ether oxygens (including phenoxy) is 1. The Bertz CT molecular complexity index is 434. The molecule has 1 saturated carbocycles. The minimum absolute atomic E-state index is 0.219. The number of aryl methyl sites for hydroxylation is 1. The molecule has 0 radical (unpaired) electrons. The molecule has 2 rings (SSSR count). The van der Waals surface area contributed by atoms with Gasteiger partial charge in [0, 0.05) is 11.8 Å². The molecule has 5 nitrogen and oxygen atoms in total. The van der Waals surface area contributed by atoms with Gasteiger partial charge in [0.05, 0.1) is 7.11 Å². The zero-order valence-corrected chi connectivity index (χ0v) is 12.4. The van der Waals surface area contributed by atoms with Crippen LogP contribution in [0.5, 0.6) is 0 Å². The van der Waals surface area contributed by atoms with Gasteiger partial charge in [0.2, 0.25) is 0 Å². The first-order valence-electron chi connectivity index (χ1n) is 5.82. The minimum atomic E-state index is -0.653. The summed E-state index contributed by atoms with van der Waals surface area (Å²) in [6.45, 7) is 3.81. The molecule has 1 unspecified atom stereocenters. The summed E-state index contributed by atoms with van der Waals surface area (Å²) in [5.41, 5.74) is -0.653. The molecule has 1 N–H and O–H groups in total. The number of thioether (sulfide) groups is 1. The van der Waals surface area contributed by atoms with E-state index in [0.717, 1.165) is 22.2 Å². The van der Waals surface area contributed by atoms with Gasteiger partial charge in [0.1, 0.15) is 10.5 Å². The van der Waals surface area contributed by atoms with Crippen molar-refractivity contribution in [1.82, 2.24) is 15.5 Å². The van der Waals surface area contributed by atoms with E-state index in [0.29, 0.717) is 11.8 Å². The highest BCUT2D eigenvalue weighted by Crippen LogP contribution is 2.29. The lowest BCUT2D eigenvalue weighted by Crippen LogP contribution is -2.53. The predicted molar refractivity (Wildman–Crippen MR) is 71.9 cm³/mol. The van der Waals surface area contributed by atoms with Crippen LogP contribution >= 0.6 is 23.1 Å². The number of rotatable bonds is 6. The van der Waals surface area contributed by atoms with Crippen LogP contribution in [0.1, 0.15) is 24.8 Å². The molecule has 0 aliphatic heterocycles. The van der Waals surface area contributed by atoms with Crippen molar-refractivity contribution in [2.24, 2.45) is 0 Å². The monoisotopic (exact) mass is 287 g/mol. The van der Waals surface area contributed by atoms with Gasteiger partial charge >= 0.3 is 5.97 Å². The van der Waals surface area contributed by atoms with Gasteiger partial charge in [-0.3, -0.25) is 10.1 Å². The van der Waals surface area contributed by atoms with Crippen molar-refractivity contribution >= 4 is 29.1 Å². The van der Waals surface area contributed by atoms with Crippen molar-refractivity contribution in [3.8, 4) is 0 Å². The van der Waals surface area contributed by atoms with Crippen LogP contribution in [-0.4, -0.2) is 40.6 Å². The molecule has 0 bridgehead atoms. The number of nitrogens with zero attached hydrogens (tertiary/aromatic N) is 2. The number of methoxy groups -OCH3 is 1. The average molecular weight is 287 g/mol. The normalized spacial score (nSPS) is 18.4. The summed E-state index contributed by atoms with van der Waals surface area (Å²) in [7, 11) is 1.43. The Morgan fingerprint density at radius 2 is 2.33 bits per heavy atom. The number of carbonyl (C=O) groups excluding carboxylic acids is 1.